The second-order valence-electron chi connectivity index (χ2n) is 6.65. The molecular weight excluding hydrogens is 300 g/mol. The van der Waals surface area contributed by atoms with Crippen LogP contribution in [0.2, 0.25) is 0 Å². The maximum Gasteiger partial charge on any atom is 0.325 e. The minimum absolute atomic E-state index is 0.0840. The van der Waals surface area contributed by atoms with Crippen LogP contribution in [0.1, 0.15) is 38.5 Å². The molecule has 126 valence electrons. The van der Waals surface area contributed by atoms with Crippen molar-refractivity contribution in [1.82, 2.24) is 15.1 Å². The molecule has 2 heterocycles. The van der Waals surface area contributed by atoms with Crippen molar-refractivity contribution < 1.29 is 19.2 Å². The minimum Gasteiger partial charge on any atom is -0.369 e. The van der Waals surface area contributed by atoms with Crippen molar-refractivity contribution in [3.8, 4) is 0 Å². The van der Waals surface area contributed by atoms with E-state index >= 15 is 0 Å². The van der Waals surface area contributed by atoms with E-state index in [1.54, 1.807) is 4.90 Å². The maximum atomic E-state index is 12.5. The number of amides is 5. The van der Waals surface area contributed by atoms with Crippen LogP contribution in [0.3, 0.4) is 0 Å². The van der Waals surface area contributed by atoms with Gasteiger partial charge in [-0.2, -0.15) is 0 Å². The van der Waals surface area contributed by atoms with Gasteiger partial charge in [-0.05, 0) is 19.3 Å². The van der Waals surface area contributed by atoms with Gasteiger partial charge in [-0.3, -0.25) is 19.3 Å². The second-order valence-corrected chi connectivity index (χ2v) is 6.65. The Morgan fingerprint density at radius 2 is 1.96 bits per heavy atom. The van der Waals surface area contributed by atoms with E-state index in [-0.39, 0.29) is 30.7 Å². The van der Waals surface area contributed by atoms with Gasteiger partial charge in [0.15, 0.2) is 0 Å². The Morgan fingerprint density at radius 1 is 1.26 bits per heavy atom. The highest BCUT2D eigenvalue weighted by molar-refractivity contribution is 6.07. The molecule has 23 heavy (non-hydrogen) atoms. The monoisotopic (exact) mass is 322 g/mol. The maximum absolute atomic E-state index is 12.5. The minimum atomic E-state index is -0.731. The molecule has 0 aromatic heterocycles. The van der Waals surface area contributed by atoms with Gasteiger partial charge in [-0.1, -0.05) is 12.8 Å². The summed E-state index contributed by atoms with van der Waals surface area (Å²) in [6, 6.07) is -0.402. The molecule has 3 N–H and O–H groups in total. The van der Waals surface area contributed by atoms with Gasteiger partial charge in [-0.25, -0.2) is 4.79 Å². The average molecular weight is 322 g/mol. The van der Waals surface area contributed by atoms with E-state index in [9.17, 15) is 19.2 Å². The van der Waals surface area contributed by atoms with Crippen LogP contribution in [0.5, 0.6) is 0 Å². The van der Waals surface area contributed by atoms with Crippen molar-refractivity contribution in [3.05, 3.63) is 0 Å². The van der Waals surface area contributed by atoms with E-state index in [1.807, 2.05) is 0 Å². The van der Waals surface area contributed by atoms with Crippen molar-refractivity contribution in [3.63, 3.8) is 0 Å². The molecule has 8 heteroatoms. The number of urea groups is 1. The Morgan fingerprint density at radius 3 is 2.57 bits per heavy atom. The van der Waals surface area contributed by atoms with E-state index in [4.69, 9.17) is 5.73 Å². The van der Waals surface area contributed by atoms with Crippen LogP contribution in [0.25, 0.3) is 0 Å². The Kier molecular flexibility index (Phi) is 3.99. The fourth-order valence-corrected chi connectivity index (χ4v) is 3.78. The Balaban J connectivity index is 1.54. The van der Waals surface area contributed by atoms with Crippen molar-refractivity contribution in [2.75, 3.05) is 19.6 Å². The van der Waals surface area contributed by atoms with E-state index < -0.39 is 17.5 Å². The molecule has 8 nitrogen and oxygen atoms in total. The normalized spacial score (nSPS) is 26.2. The van der Waals surface area contributed by atoms with Crippen LogP contribution in [0.15, 0.2) is 0 Å². The van der Waals surface area contributed by atoms with Gasteiger partial charge in [0.2, 0.25) is 11.8 Å². The largest absolute Gasteiger partial charge is 0.369 e. The molecular formula is C15H22N4O4. The number of hydrogen-bond donors (Lipinski definition) is 2. The third-order valence-corrected chi connectivity index (χ3v) is 5.20. The van der Waals surface area contributed by atoms with Crippen molar-refractivity contribution >= 4 is 23.8 Å². The van der Waals surface area contributed by atoms with E-state index in [1.165, 1.54) is 0 Å². The summed E-state index contributed by atoms with van der Waals surface area (Å²) in [5, 5.41) is 2.80. The molecule has 2 aliphatic heterocycles. The van der Waals surface area contributed by atoms with Crippen LogP contribution in [-0.2, 0) is 14.4 Å². The Labute approximate surface area is 134 Å². The highest BCUT2D eigenvalue weighted by Gasteiger charge is 2.52. The lowest BCUT2D eigenvalue weighted by Gasteiger charge is -2.21. The fraction of sp³-hybridized carbons (Fsp3) is 0.733. The van der Waals surface area contributed by atoms with Crippen molar-refractivity contribution in [2.24, 2.45) is 11.7 Å². The lowest BCUT2D eigenvalue weighted by atomic mass is 9.98. The lowest BCUT2D eigenvalue weighted by Crippen LogP contribution is -2.44. The zero-order chi connectivity index (χ0) is 16.6. The van der Waals surface area contributed by atoms with E-state index in [0.717, 1.165) is 17.7 Å². The first kappa shape index (κ1) is 15.8. The van der Waals surface area contributed by atoms with Crippen LogP contribution < -0.4 is 11.1 Å². The van der Waals surface area contributed by atoms with Crippen LogP contribution in [-0.4, -0.2) is 58.7 Å². The molecule has 5 amide bonds. The molecule has 2 saturated heterocycles. The molecule has 0 radical (unpaired) electrons. The molecule has 3 aliphatic rings. The second kappa shape index (κ2) is 5.82. The Hall–Kier alpha value is -2.12. The molecule has 0 bridgehead atoms. The van der Waals surface area contributed by atoms with Crippen molar-refractivity contribution in [1.29, 1.82) is 0 Å². The first-order chi connectivity index (χ1) is 10.9. The highest BCUT2D eigenvalue weighted by Crippen LogP contribution is 2.35. The lowest BCUT2D eigenvalue weighted by molar-refractivity contribution is -0.133. The van der Waals surface area contributed by atoms with Gasteiger partial charge < -0.3 is 16.0 Å². The standard InChI is InChI=1S/C15H22N4O4/c16-12(21)10-3-7-18(9-10)11(20)4-8-19-13(22)15(17-14(19)23)5-1-2-6-15/h10H,1-9H2,(H2,16,21)(H,17,23)/t10-/m1/s1. The fourth-order valence-electron chi connectivity index (χ4n) is 3.78. The zero-order valence-electron chi connectivity index (χ0n) is 13.0. The number of nitrogens with zero attached hydrogens (tertiary/aromatic N) is 2. The number of nitrogens with two attached hydrogens (primary N) is 1. The van der Waals surface area contributed by atoms with Crippen LogP contribution in [0, 0.1) is 5.92 Å². The molecule has 0 unspecified atom stereocenters. The summed E-state index contributed by atoms with van der Waals surface area (Å²) in [5.74, 6) is -1.04. The highest BCUT2D eigenvalue weighted by atomic mass is 16.2. The summed E-state index contributed by atoms with van der Waals surface area (Å²) in [6.45, 7) is 0.914. The number of rotatable bonds is 4. The average Bonchev–Trinajstić information content (AvgIpc) is 3.20. The van der Waals surface area contributed by atoms with Gasteiger partial charge >= 0.3 is 6.03 Å². The number of carbonyl (C=O) groups excluding carboxylic acids is 4. The molecule has 1 aliphatic carbocycles. The van der Waals surface area contributed by atoms with Crippen LogP contribution >= 0.6 is 0 Å². The summed E-state index contributed by atoms with van der Waals surface area (Å²) in [4.78, 5) is 50.6. The quantitative estimate of drug-likeness (QED) is 0.684. The number of carbonyl (C=O) groups is 4. The molecule has 0 aromatic carbocycles. The van der Waals surface area contributed by atoms with Gasteiger partial charge in [0, 0.05) is 26.1 Å². The molecule has 3 fully saturated rings. The topological polar surface area (TPSA) is 113 Å². The molecule has 1 atom stereocenters. The third kappa shape index (κ3) is 2.77. The first-order valence-corrected chi connectivity index (χ1v) is 8.14. The molecule has 0 aromatic rings. The number of likely N-dealkylation sites (tertiary alicyclic amines) is 1. The van der Waals surface area contributed by atoms with Gasteiger partial charge in [0.25, 0.3) is 5.91 Å². The molecule has 3 rings (SSSR count). The number of imide groups is 1. The predicted molar refractivity (Wildman–Crippen MR) is 79.9 cm³/mol. The van der Waals surface area contributed by atoms with Gasteiger partial charge in [0.1, 0.15) is 5.54 Å². The Bertz CT molecular complexity index is 556. The summed E-state index contributed by atoms with van der Waals surface area (Å²) < 4.78 is 0. The smallest absolute Gasteiger partial charge is 0.325 e. The number of hydrogen-bond acceptors (Lipinski definition) is 4. The summed E-state index contributed by atoms with van der Waals surface area (Å²) in [6.07, 6.45) is 3.87. The van der Waals surface area contributed by atoms with Crippen LogP contribution in [0.4, 0.5) is 4.79 Å². The molecule has 1 spiro atoms. The number of nitrogens with one attached hydrogen (secondary N) is 1. The molecule has 1 saturated carbocycles. The van der Waals surface area contributed by atoms with E-state index in [2.05, 4.69) is 5.32 Å². The summed E-state index contributed by atoms with van der Waals surface area (Å²) in [5.41, 5.74) is 4.52. The zero-order valence-corrected chi connectivity index (χ0v) is 13.0. The van der Waals surface area contributed by atoms with E-state index in [0.29, 0.717) is 32.4 Å². The third-order valence-electron chi connectivity index (χ3n) is 5.20. The van der Waals surface area contributed by atoms with Crippen molar-refractivity contribution in [2.45, 2.75) is 44.1 Å². The first-order valence-electron chi connectivity index (χ1n) is 8.14. The van der Waals surface area contributed by atoms with Gasteiger partial charge in [-0.15, -0.1) is 0 Å². The summed E-state index contributed by atoms with van der Waals surface area (Å²) >= 11 is 0. The summed E-state index contributed by atoms with van der Waals surface area (Å²) in [7, 11) is 0. The SMILES string of the molecule is NC(=O)[C@@H]1CCN(C(=O)CCN2C(=O)NC3(CCCC3)C2=O)C1. The van der Waals surface area contributed by atoms with Gasteiger partial charge in [0.05, 0.1) is 5.92 Å². The predicted octanol–water partition coefficient (Wildman–Crippen LogP) is -0.425. The number of primary amides is 1.